The summed E-state index contributed by atoms with van der Waals surface area (Å²) in [5.74, 6) is 0.471. The molecule has 1 fully saturated rings. The number of carbonyl (C=O) groups excluding carboxylic acids is 1. The second kappa shape index (κ2) is 6.70. The van der Waals surface area contributed by atoms with E-state index in [0.29, 0.717) is 12.5 Å². The molecule has 3 N–H and O–H groups in total. The number of amides is 1. The maximum Gasteiger partial charge on any atom is 0.252 e. The van der Waals surface area contributed by atoms with Crippen LogP contribution in [-0.4, -0.2) is 18.5 Å². The Bertz CT molecular complexity index is 461. The number of nitrogens with one attached hydrogen (secondary N) is 1. The van der Waals surface area contributed by atoms with Gasteiger partial charge in [-0.15, -0.1) is 0 Å². The fourth-order valence-electron chi connectivity index (χ4n) is 2.75. The van der Waals surface area contributed by atoms with Gasteiger partial charge in [0.2, 0.25) is 0 Å². The van der Waals surface area contributed by atoms with Gasteiger partial charge >= 0.3 is 0 Å². The molecule has 2 unspecified atom stereocenters. The van der Waals surface area contributed by atoms with Crippen molar-refractivity contribution in [1.82, 2.24) is 5.32 Å². The number of halogens is 1. The van der Waals surface area contributed by atoms with Crippen molar-refractivity contribution in [2.75, 3.05) is 6.54 Å². The van der Waals surface area contributed by atoms with Gasteiger partial charge in [0.15, 0.2) is 0 Å². The average molecular weight is 372 g/mol. The predicted octanol–water partition coefficient (Wildman–Crippen LogP) is 2.85. The molecule has 104 valence electrons. The van der Waals surface area contributed by atoms with E-state index in [4.69, 9.17) is 5.73 Å². The Morgan fingerprint density at radius 3 is 2.89 bits per heavy atom. The minimum atomic E-state index is 0.0402. The summed E-state index contributed by atoms with van der Waals surface area (Å²) in [4.78, 5) is 12.4. The number of carbonyl (C=O) groups is 1. The molecule has 0 radical (unpaired) electrons. The van der Waals surface area contributed by atoms with Crippen LogP contribution in [0.4, 0.5) is 0 Å². The topological polar surface area (TPSA) is 55.1 Å². The molecule has 3 nitrogen and oxygen atoms in total. The van der Waals surface area contributed by atoms with Crippen LogP contribution in [0.25, 0.3) is 0 Å². The Hall–Kier alpha value is -0.620. The van der Waals surface area contributed by atoms with Gasteiger partial charge < -0.3 is 11.1 Å². The predicted molar refractivity (Wildman–Crippen MR) is 86.2 cm³/mol. The third-order valence-corrected chi connectivity index (χ3v) is 5.40. The maximum atomic E-state index is 12.4. The average Bonchev–Trinajstić information content (AvgIpc) is 2.42. The molecule has 0 aliphatic heterocycles. The lowest BCUT2D eigenvalue weighted by atomic mass is 9.84. The number of hydrogen-bond acceptors (Lipinski definition) is 2. The van der Waals surface area contributed by atoms with E-state index in [1.807, 2.05) is 25.1 Å². The largest absolute Gasteiger partial charge is 0.349 e. The van der Waals surface area contributed by atoms with E-state index in [0.717, 1.165) is 27.5 Å². The highest BCUT2D eigenvalue weighted by Crippen LogP contribution is 2.24. The van der Waals surface area contributed by atoms with Crippen LogP contribution in [0.1, 0.15) is 41.6 Å². The molecule has 0 bridgehead atoms. The Morgan fingerprint density at radius 2 is 2.16 bits per heavy atom. The number of rotatable bonds is 3. The first-order valence-corrected chi connectivity index (χ1v) is 7.97. The molecule has 2 rings (SSSR count). The standard InChI is InChI=1S/C15H21IN2O/c1-10-5-4-7-12(14(10)16)15(19)18-13-8-3-2-6-11(13)9-17/h4-5,7,11,13H,2-3,6,8-9,17H2,1H3,(H,18,19). The van der Waals surface area contributed by atoms with E-state index >= 15 is 0 Å². The van der Waals surface area contributed by atoms with E-state index in [2.05, 4.69) is 27.9 Å². The molecule has 0 aromatic heterocycles. The highest BCUT2D eigenvalue weighted by Gasteiger charge is 2.26. The van der Waals surface area contributed by atoms with Crippen LogP contribution >= 0.6 is 22.6 Å². The molecule has 1 aromatic carbocycles. The van der Waals surface area contributed by atoms with Crippen LogP contribution in [-0.2, 0) is 0 Å². The smallest absolute Gasteiger partial charge is 0.252 e. The zero-order chi connectivity index (χ0) is 13.8. The number of aryl methyl sites for hydroxylation is 1. The van der Waals surface area contributed by atoms with E-state index in [9.17, 15) is 4.79 Å². The van der Waals surface area contributed by atoms with Crippen LogP contribution in [0.3, 0.4) is 0 Å². The van der Waals surface area contributed by atoms with Crippen molar-refractivity contribution < 1.29 is 4.79 Å². The van der Waals surface area contributed by atoms with Gasteiger partial charge in [0.1, 0.15) is 0 Å². The minimum absolute atomic E-state index is 0.0402. The third kappa shape index (κ3) is 3.48. The van der Waals surface area contributed by atoms with Crippen molar-refractivity contribution in [2.45, 2.75) is 38.6 Å². The summed E-state index contributed by atoms with van der Waals surface area (Å²) in [7, 11) is 0. The number of nitrogens with two attached hydrogens (primary N) is 1. The summed E-state index contributed by atoms with van der Waals surface area (Å²) in [6.45, 7) is 2.69. The molecule has 1 aliphatic carbocycles. The fraction of sp³-hybridized carbons (Fsp3) is 0.533. The highest BCUT2D eigenvalue weighted by atomic mass is 127. The summed E-state index contributed by atoms with van der Waals surface area (Å²) >= 11 is 2.24. The number of benzene rings is 1. The maximum absolute atomic E-state index is 12.4. The van der Waals surface area contributed by atoms with Crippen LogP contribution < -0.4 is 11.1 Å². The van der Waals surface area contributed by atoms with Crippen molar-refractivity contribution in [2.24, 2.45) is 11.7 Å². The van der Waals surface area contributed by atoms with Gasteiger partial charge in [0, 0.05) is 9.61 Å². The summed E-state index contributed by atoms with van der Waals surface area (Å²) in [5.41, 5.74) is 7.73. The van der Waals surface area contributed by atoms with Gasteiger partial charge in [0.25, 0.3) is 5.91 Å². The second-order valence-corrected chi connectivity index (χ2v) is 6.38. The van der Waals surface area contributed by atoms with Gasteiger partial charge in [0.05, 0.1) is 5.56 Å². The van der Waals surface area contributed by atoms with Crippen molar-refractivity contribution in [3.05, 3.63) is 32.9 Å². The third-order valence-electron chi connectivity index (χ3n) is 3.96. The molecular formula is C15H21IN2O. The second-order valence-electron chi connectivity index (χ2n) is 5.30. The quantitative estimate of drug-likeness (QED) is 0.802. The van der Waals surface area contributed by atoms with Gasteiger partial charge in [-0.3, -0.25) is 4.79 Å². The fourth-order valence-corrected chi connectivity index (χ4v) is 3.35. The molecule has 0 heterocycles. The van der Waals surface area contributed by atoms with E-state index < -0.39 is 0 Å². The summed E-state index contributed by atoms with van der Waals surface area (Å²) < 4.78 is 1.04. The lowest BCUT2D eigenvalue weighted by Gasteiger charge is -2.31. The number of hydrogen-bond donors (Lipinski definition) is 2. The zero-order valence-corrected chi connectivity index (χ0v) is 13.4. The summed E-state index contributed by atoms with van der Waals surface area (Å²) in [6.07, 6.45) is 4.60. The SMILES string of the molecule is Cc1cccc(C(=O)NC2CCCCC2CN)c1I. The first kappa shape index (κ1) is 14.8. The molecule has 1 aromatic rings. The Balaban J connectivity index is 2.09. The molecule has 19 heavy (non-hydrogen) atoms. The Kier molecular flexibility index (Phi) is 5.21. The lowest BCUT2D eigenvalue weighted by molar-refractivity contribution is 0.0907. The van der Waals surface area contributed by atoms with Crippen LogP contribution in [0.5, 0.6) is 0 Å². The van der Waals surface area contributed by atoms with E-state index in [1.54, 1.807) is 0 Å². The van der Waals surface area contributed by atoms with Gasteiger partial charge in [-0.25, -0.2) is 0 Å². The molecule has 1 saturated carbocycles. The molecule has 1 aliphatic rings. The van der Waals surface area contributed by atoms with E-state index in [-0.39, 0.29) is 11.9 Å². The van der Waals surface area contributed by atoms with Gasteiger partial charge in [-0.05, 0) is 66.4 Å². The van der Waals surface area contributed by atoms with E-state index in [1.165, 1.54) is 12.8 Å². The normalized spacial score (nSPS) is 23.1. The van der Waals surface area contributed by atoms with Crippen molar-refractivity contribution in [3.63, 3.8) is 0 Å². The Labute approximate surface area is 128 Å². The molecule has 4 heteroatoms. The summed E-state index contributed by atoms with van der Waals surface area (Å²) in [5, 5.41) is 3.18. The molecule has 2 atom stereocenters. The first-order valence-electron chi connectivity index (χ1n) is 6.89. The van der Waals surface area contributed by atoms with Crippen LogP contribution in [0.2, 0.25) is 0 Å². The zero-order valence-electron chi connectivity index (χ0n) is 11.3. The minimum Gasteiger partial charge on any atom is -0.349 e. The van der Waals surface area contributed by atoms with Crippen LogP contribution in [0, 0.1) is 16.4 Å². The van der Waals surface area contributed by atoms with Gasteiger partial charge in [-0.2, -0.15) is 0 Å². The highest BCUT2D eigenvalue weighted by molar-refractivity contribution is 14.1. The van der Waals surface area contributed by atoms with Crippen LogP contribution in [0.15, 0.2) is 18.2 Å². The van der Waals surface area contributed by atoms with Crippen molar-refractivity contribution in [1.29, 1.82) is 0 Å². The van der Waals surface area contributed by atoms with Crippen molar-refractivity contribution >= 4 is 28.5 Å². The lowest BCUT2D eigenvalue weighted by Crippen LogP contribution is -2.44. The molecular weight excluding hydrogens is 351 g/mol. The molecule has 0 saturated heterocycles. The molecule has 0 spiro atoms. The van der Waals surface area contributed by atoms with Crippen molar-refractivity contribution in [3.8, 4) is 0 Å². The summed E-state index contributed by atoms with van der Waals surface area (Å²) in [6, 6.07) is 6.10. The van der Waals surface area contributed by atoms with Gasteiger partial charge in [-0.1, -0.05) is 25.0 Å². The Morgan fingerprint density at radius 1 is 1.42 bits per heavy atom. The monoisotopic (exact) mass is 372 g/mol. The molecule has 1 amide bonds. The first-order chi connectivity index (χ1) is 9.13.